The van der Waals surface area contributed by atoms with Crippen molar-refractivity contribution in [1.82, 2.24) is 4.22 Å². The van der Waals surface area contributed by atoms with Gasteiger partial charge < -0.3 is 4.65 Å². The van der Waals surface area contributed by atoms with E-state index in [2.05, 4.69) is 6.92 Å². The minimum Gasteiger partial charge on any atom is -0.519 e. The number of benzene rings is 1. The van der Waals surface area contributed by atoms with Crippen molar-refractivity contribution in [3.05, 3.63) is 29.8 Å². The molecular formula is C18H25BNO4S. The number of sulfonamides is 1. The molecule has 1 aliphatic heterocycles. The summed E-state index contributed by atoms with van der Waals surface area (Å²) in [4.78, 5) is 13.0. The molecule has 0 bridgehead atoms. The maximum atomic E-state index is 13.3. The first-order valence-corrected chi connectivity index (χ1v) is 10.3. The molecule has 1 aliphatic carbocycles. The molecule has 1 aromatic rings. The molecule has 3 atom stereocenters. The third-order valence-electron chi connectivity index (χ3n) is 5.63. The van der Waals surface area contributed by atoms with Gasteiger partial charge in [-0.05, 0) is 49.7 Å². The molecule has 1 saturated heterocycles. The second kappa shape index (κ2) is 6.43. The molecule has 0 amide bonds. The highest BCUT2D eigenvalue weighted by Gasteiger charge is 2.62. The van der Waals surface area contributed by atoms with Gasteiger partial charge in [-0.25, -0.2) is 8.42 Å². The third kappa shape index (κ3) is 2.91. The Morgan fingerprint density at radius 2 is 1.88 bits per heavy atom. The molecule has 1 saturated carbocycles. The predicted molar refractivity (Wildman–Crippen MR) is 96.1 cm³/mol. The summed E-state index contributed by atoms with van der Waals surface area (Å²) < 4.78 is 33.0. The van der Waals surface area contributed by atoms with Crippen LogP contribution in [0.15, 0.2) is 29.2 Å². The van der Waals surface area contributed by atoms with Crippen LogP contribution in [-0.2, 0) is 19.5 Å². The topological polar surface area (TPSA) is 63.7 Å². The van der Waals surface area contributed by atoms with E-state index in [4.69, 9.17) is 4.65 Å². The number of aryl methyl sites for hydroxylation is 1. The first-order chi connectivity index (χ1) is 11.7. The average molecular weight is 362 g/mol. The quantitative estimate of drug-likeness (QED) is 0.776. The Labute approximate surface area is 151 Å². The van der Waals surface area contributed by atoms with E-state index >= 15 is 0 Å². The first-order valence-electron chi connectivity index (χ1n) is 8.85. The van der Waals surface area contributed by atoms with Crippen molar-refractivity contribution in [2.75, 3.05) is 0 Å². The highest BCUT2D eigenvalue weighted by molar-refractivity contribution is 7.90. The Bertz CT molecular complexity index is 762. The van der Waals surface area contributed by atoms with Gasteiger partial charge >= 0.3 is 13.6 Å². The molecule has 0 N–H and O–H groups in total. The Morgan fingerprint density at radius 3 is 2.48 bits per heavy atom. The minimum absolute atomic E-state index is 0.0600. The van der Waals surface area contributed by atoms with Crippen molar-refractivity contribution in [2.24, 2.45) is 17.8 Å². The lowest BCUT2D eigenvalue weighted by Gasteiger charge is -2.47. The molecular weight excluding hydrogens is 337 g/mol. The Balaban J connectivity index is 2.10. The first kappa shape index (κ1) is 18.5. The van der Waals surface area contributed by atoms with Gasteiger partial charge in [-0.15, -0.1) is 0 Å². The zero-order valence-electron chi connectivity index (χ0n) is 15.2. The summed E-state index contributed by atoms with van der Waals surface area (Å²) in [6, 6.07) is 6.71. The zero-order chi connectivity index (χ0) is 18.4. The summed E-state index contributed by atoms with van der Waals surface area (Å²) >= 11 is 0. The van der Waals surface area contributed by atoms with E-state index < -0.39 is 21.5 Å². The zero-order valence-corrected chi connectivity index (χ0v) is 16.0. The van der Waals surface area contributed by atoms with Crippen LogP contribution in [0.3, 0.4) is 0 Å². The lowest BCUT2D eigenvalue weighted by molar-refractivity contribution is -0.145. The van der Waals surface area contributed by atoms with Crippen molar-refractivity contribution in [1.29, 1.82) is 0 Å². The fourth-order valence-corrected chi connectivity index (χ4v) is 5.91. The number of nitrogens with zero attached hydrogens (tertiary/aromatic N) is 1. The van der Waals surface area contributed by atoms with Gasteiger partial charge in [-0.2, -0.15) is 4.22 Å². The van der Waals surface area contributed by atoms with Crippen LogP contribution >= 0.6 is 0 Å². The summed E-state index contributed by atoms with van der Waals surface area (Å²) in [5, 5.41) is 0. The molecule has 7 heteroatoms. The number of rotatable bonds is 3. The second-order valence-electron chi connectivity index (χ2n) is 7.79. The third-order valence-corrected chi connectivity index (χ3v) is 7.43. The molecule has 1 heterocycles. The summed E-state index contributed by atoms with van der Waals surface area (Å²) in [6.07, 6.45) is 2.31. The number of carbonyl (C=O) groups excluding carboxylic acids is 1. The molecule has 0 unspecified atom stereocenters. The fraction of sp³-hybridized carbons (Fsp3) is 0.611. The van der Waals surface area contributed by atoms with Crippen molar-refractivity contribution in [3.63, 3.8) is 0 Å². The van der Waals surface area contributed by atoms with Crippen LogP contribution in [0.4, 0.5) is 0 Å². The summed E-state index contributed by atoms with van der Waals surface area (Å²) in [6.45, 7) is 8.07. The van der Waals surface area contributed by atoms with Crippen molar-refractivity contribution < 1.29 is 17.9 Å². The predicted octanol–water partition coefficient (Wildman–Crippen LogP) is 2.91. The van der Waals surface area contributed by atoms with E-state index in [1.165, 1.54) is 4.22 Å². The van der Waals surface area contributed by atoms with Crippen molar-refractivity contribution in [2.45, 2.75) is 57.4 Å². The monoisotopic (exact) mass is 362 g/mol. The molecule has 5 nitrogen and oxygen atoms in total. The number of hydrogen-bond donors (Lipinski definition) is 0. The van der Waals surface area contributed by atoms with Gasteiger partial charge in [0.2, 0.25) is 10.0 Å². The number of hydrogen-bond acceptors (Lipinski definition) is 4. The molecule has 3 rings (SSSR count). The maximum absolute atomic E-state index is 13.3. The van der Waals surface area contributed by atoms with E-state index in [0.717, 1.165) is 26.0 Å². The van der Waals surface area contributed by atoms with E-state index in [-0.39, 0.29) is 22.6 Å². The van der Waals surface area contributed by atoms with Gasteiger partial charge in [0, 0.05) is 0 Å². The van der Waals surface area contributed by atoms with E-state index in [0.29, 0.717) is 6.42 Å². The van der Waals surface area contributed by atoms with E-state index in [9.17, 15) is 13.2 Å². The average Bonchev–Trinajstić information content (AvgIpc) is 2.85. The van der Waals surface area contributed by atoms with Crippen LogP contribution < -0.4 is 0 Å². The Kier molecular flexibility index (Phi) is 4.75. The van der Waals surface area contributed by atoms with Crippen LogP contribution in [0, 0.1) is 24.7 Å². The lowest BCUT2D eigenvalue weighted by atomic mass is 9.64. The van der Waals surface area contributed by atoms with Gasteiger partial charge in [0.15, 0.2) is 0 Å². The summed E-state index contributed by atoms with van der Waals surface area (Å²) in [5.41, 5.74) is -0.145. The van der Waals surface area contributed by atoms with Crippen LogP contribution in [0.5, 0.6) is 0 Å². The van der Waals surface area contributed by atoms with Gasteiger partial charge in [0.1, 0.15) is 5.54 Å². The standard InChI is InChI=1S/C18H25BNO4S/c1-12(2)16-10-7-14(4)11-18(16)17(21)24-19-20(18)25(22,23)15-8-5-13(3)6-9-15/h5-6,8-9,12,14,16H,7,10-11H2,1-4H3/t14-,16-,18-/m1/s1. The van der Waals surface area contributed by atoms with Gasteiger partial charge in [-0.1, -0.05) is 44.9 Å². The minimum atomic E-state index is -3.85. The normalized spacial score (nSPS) is 30.5. The molecule has 1 radical (unpaired) electrons. The molecule has 1 spiro atoms. The van der Waals surface area contributed by atoms with Crippen LogP contribution in [-0.4, -0.2) is 31.8 Å². The Morgan fingerprint density at radius 1 is 1.24 bits per heavy atom. The second-order valence-corrected chi connectivity index (χ2v) is 9.60. The molecule has 0 aromatic heterocycles. The molecule has 2 fully saturated rings. The van der Waals surface area contributed by atoms with Crippen LogP contribution in [0.25, 0.3) is 0 Å². The van der Waals surface area contributed by atoms with Gasteiger partial charge in [-0.3, -0.25) is 4.79 Å². The van der Waals surface area contributed by atoms with Gasteiger partial charge in [0.25, 0.3) is 0 Å². The number of carbonyl (C=O) groups is 1. The summed E-state index contributed by atoms with van der Waals surface area (Å²) in [5.74, 6) is -0.0457. The van der Waals surface area contributed by atoms with Crippen LogP contribution in [0.1, 0.15) is 45.6 Å². The van der Waals surface area contributed by atoms with Gasteiger partial charge in [0.05, 0.1) is 4.90 Å². The molecule has 1 aromatic carbocycles. The molecule has 25 heavy (non-hydrogen) atoms. The highest BCUT2D eigenvalue weighted by Crippen LogP contribution is 2.49. The summed E-state index contributed by atoms with van der Waals surface area (Å²) in [7, 11) is -2.74. The Hall–Kier alpha value is -1.34. The highest BCUT2D eigenvalue weighted by atomic mass is 32.2. The van der Waals surface area contributed by atoms with E-state index in [1.807, 2.05) is 20.8 Å². The fourth-order valence-electron chi connectivity index (χ4n) is 4.34. The molecule has 135 valence electrons. The largest absolute Gasteiger partial charge is 0.519 e. The van der Waals surface area contributed by atoms with Crippen LogP contribution in [0.2, 0.25) is 0 Å². The SMILES string of the molecule is Cc1ccc(S(=O)(=O)N2[B]OC(=O)[C@]23C[C@H](C)CC[C@@H]3C(C)C)cc1. The van der Waals surface area contributed by atoms with Crippen molar-refractivity contribution >= 4 is 23.6 Å². The maximum Gasteiger partial charge on any atom is 0.498 e. The van der Waals surface area contributed by atoms with E-state index in [1.54, 1.807) is 24.3 Å². The van der Waals surface area contributed by atoms with Crippen molar-refractivity contribution in [3.8, 4) is 0 Å². The molecule has 2 aliphatic rings. The lowest BCUT2D eigenvalue weighted by Crippen LogP contribution is -2.60. The smallest absolute Gasteiger partial charge is 0.498 e.